The number of aromatic nitrogens is 4. The largest absolute Gasteiger partial charge is 0.467 e. The summed E-state index contributed by atoms with van der Waals surface area (Å²) in [5, 5.41) is 2.70. The lowest BCUT2D eigenvalue weighted by Gasteiger charge is -2.20. The highest BCUT2D eigenvalue weighted by atomic mass is 16.5. The van der Waals surface area contributed by atoms with E-state index in [9.17, 15) is 19.2 Å². The summed E-state index contributed by atoms with van der Waals surface area (Å²) in [5.41, 5.74) is 2.15. The second kappa shape index (κ2) is 9.26. The smallest absolute Gasteiger partial charge is 0.349 e. The first-order valence-corrected chi connectivity index (χ1v) is 10.6. The lowest BCUT2D eigenvalue weighted by atomic mass is 10.1. The second-order valence-electron chi connectivity index (χ2n) is 8.00. The minimum absolute atomic E-state index is 0.0164. The molecule has 1 amide bonds. The SMILES string of the molecule is COC(=O)C(Cc1ccccc1)NC(=O)Cn1c2nc(=O)[nH]c(=O)c-2nc2cc(C)c(C)cc21. The number of amides is 1. The minimum atomic E-state index is -0.921. The molecule has 2 aromatic carbocycles. The van der Waals surface area contributed by atoms with Crippen molar-refractivity contribution < 1.29 is 14.3 Å². The maximum Gasteiger partial charge on any atom is 0.349 e. The topological polar surface area (TPSA) is 136 Å². The van der Waals surface area contributed by atoms with E-state index in [0.29, 0.717) is 11.0 Å². The van der Waals surface area contributed by atoms with Crippen LogP contribution >= 0.6 is 0 Å². The van der Waals surface area contributed by atoms with Crippen LogP contribution in [0.3, 0.4) is 0 Å². The van der Waals surface area contributed by atoms with Crippen LogP contribution in [0.1, 0.15) is 16.7 Å². The standard InChI is InChI=1S/C24H23N5O5/c1-13-9-16-18(10-14(13)2)29(21-20(26-16)22(31)28-24(33)27-21)12-19(30)25-17(23(32)34-3)11-15-7-5-4-6-8-15/h4-10,17H,11-12H2,1-3H3,(H,25,30)(H,28,31,33). The predicted molar refractivity (Wildman–Crippen MR) is 125 cm³/mol. The van der Waals surface area contributed by atoms with Crippen LogP contribution in [0, 0.1) is 13.8 Å². The van der Waals surface area contributed by atoms with E-state index in [0.717, 1.165) is 16.7 Å². The number of nitrogens with one attached hydrogen (secondary N) is 2. The van der Waals surface area contributed by atoms with Gasteiger partial charge in [-0.3, -0.25) is 14.6 Å². The third-order valence-corrected chi connectivity index (χ3v) is 5.63. The van der Waals surface area contributed by atoms with E-state index < -0.39 is 29.2 Å². The highest BCUT2D eigenvalue weighted by Crippen LogP contribution is 2.23. The molecule has 2 aliphatic rings. The number of carbonyl (C=O) groups excluding carboxylic acids is 2. The van der Waals surface area contributed by atoms with Crippen molar-refractivity contribution in [3.63, 3.8) is 0 Å². The number of hydrogen-bond donors (Lipinski definition) is 2. The molecule has 174 valence electrons. The average molecular weight is 461 g/mol. The van der Waals surface area contributed by atoms with Gasteiger partial charge in [-0.25, -0.2) is 14.6 Å². The summed E-state index contributed by atoms with van der Waals surface area (Å²) in [6.07, 6.45) is 0.239. The summed E-state index contributed by atoms with van der Waals surface area (Å²) < 4.78 is 6.33. The lowest BCUT2D eigenvalue weighted by molar-refractivity contribution is -0.145. The van der Waals surface area contributed by atoms with Gasteiger partial charge in [0, 0.05) is 6.42 Å². The number of aryl methyl sites for hydroxylation is 2. The van der Waals surface area contributed by atoms with Crippen molar-refractivity contribution in [1.29, 1.82) is 0 Å². The number of aromatic amines is 1. The van der Waals surface area contributed by atoms with Crippen LogP contribution in [0.15, 0.2) is 52.1 Å². The molecule has 0 radical (unpaired) electrons. The quantitative estimate of drug-likeness (QED) is 0.324. The fourth-order valence-corrected chi connectivity index (χ4v) is 3.78. The van der Waals surface area contributed by atoms with Gasteiger partial charge in [0.05, 0.1) is 18.1 Å². The van der Waals surface area contributed by atoms with E-state index in [1.54, 1.807) is 6.07 Å². The number of ether oxygens (including phenoxy) is 1. The highest BCUT2D eigenvalue weighted by molar-refractivity contribution is 5.87. The molecule has 0 spiro atoms. The predicted octanol–water partition coefficient (Wildman–Crippen LogP) is 1.10. The van der Waals surface area contributed by atoms with E-state index in [2.05, 4.69) is 20.3 Å². The van der Waals surface area contributed by atoms with Crippen LogP contribution in [0.2, 0.25) is 0 Å². The molecule has 0 aromatic heterocycles. The van der Waals surface area contributed by atoms with Gasteiger partial charge in [-0.1, -0.05) is 30.3 Å². The number of carbonyl (C=O) groups is 2. The monoisotopic (exact) mass is 461 g/mol. The Labute approximate surface area is 194 Å². The molecule has 0 fully saturated rings. The van der Waals surface area contributed by atoms with Crippen LogP contribution in [-0.4, -0.2) is 44.5 Å². The van der Waals surface area contributed by atoms with Crippen molar-refractivity contribution in [1.82, 2.24) is 24.8 Å². The van der Waals surface area contributed by atoms with Crippen molar-refractivity contribution >= 4 is 22.9 Å². The Balaban J connectivity index is 1.75. The van der Waals surface area contributed by atoms with E-state index in [-0.39, 0.29) is 24.5 Å². The summed E-state index contributed by atoms with van der Waals surface area (Å²) >= 11 is 0. The van der Waals surface area contributed by atoms with Crippen molar-refractivity contribution in [2.45, 2.75) is 32.9 Å². The molecule has 10 nitrogen and oxygen atoms in total. The Kier molecular flexibility index (Phi) is 6.22. The fourth-order valence-electron chi connectivity index (χ4n) is 3.78. The van der Waals surface area contributed by atoms with Gasteiger partial charge in [0.2, 0.25) is 5.91 Å². The van der Waals surface area contributed by atoms with Crippen molar-refractivity contribution in [2.75, 3.05) is 7.11 Å². The highest BCUT2D eigenvalue weighted by Gasteiger charge is 2.25. The molecule has 0 saturated heterocycles. The van der Waals surface area contributed by atoms with Crippen LogP contribution in [0.25, 0.3) is 22.6 Å². The van der Waals surface area contributed by atoms with Crippen molar-refractivity contribution in [3.05, 3.63) is 80.0 Å². The van der Waals surface area contributed by atoms with Gasteiger partial charge in [0.25, 0.3) is 5.56 Å². The molecule has 0 bridgehead atoms. The van der Waals surface area contributed by atoms with Crippen LogP contribution in [-0.2, 0) is 27.3 Å². The molecule has 10 heteroatoms. The number of nitrogens with zero attached hydrogens (tertiary/aromatic N) is 3. The molecule has 0 aliphatic carbocycles. The molecular weight excluding hydrogens is 438 g/mol. The zero-order chi connectivity index (χ0) is 24.4. The Hall–Kier alpha value is -4.34. The summed E-state index contributed by atoms with van der Waals surface area (Å²) in [5.74, 6) is -1.12. The number of H-pyrrole nitrogens is 1. The number of benzene rings is 2. The Bertz CT molecular complexity index is 1480. The maximum atomic E-state index is 13.1. The minimum Gasteiger partial charge on any atom is -0.467 e. The third kappa shape index (κ3) is 4.56. The summed E-state index contributed by atoms with van der Waals surface area (Å²) in [6, 6.07) is 11.9. The first-order chi connectivity index (χ1) is 16.3. The first-order valence-electron chi connectivity index (χ1n) is 10.6. The first kappa shape index (κ1) is 22.8. The molecule has 1 unspecified atom stereocenters. The zero-order valence-electron chi connectivity index (χ0n) is 18.9. The van der Waals surface area contributed by atoms with Gasteiger partial charge in [0.1, 0.15) is 12.6 Å². The zero-order valence-corrected chi connectivity index (χ0v) is 18.9. The van der Waals surface area contributed by atoms with E-state index in [1.165, 1.54) is 11.7 Å². The Morgan fingerprint density at radius 3 is 2.50 bits per heavy atom. The third-order valence-electron chi connectivity index (χ3n) is 5.63. The van der Waals surface area contributed by atoms with Gasteiger partial charge in [-0.15, -0.1) is 0 Å². The number of hydrogen-bond acceptors (Lipinski definition) is 7. The second-order valence-corrected chi connectivity index (χ2v) is 8.00. The maximum absolute atomic E-state index is 13.1. The molecule has 4 rings (SSSR count). The van der Waals surface area contributed by atoms with Gasteiger partial charge >= 0.3 is 11.7 Å². The fraction of sp³-hybridized carbons (Fsp3) is 0.250. The van der Waals surface area contributed by atoms with Crippen molar-refractivity contribution in [3.8, 4) is 11.5 Å². The lowest BCUT2D eigenvalue weighted by Crippen LogP contribution is -2.44. The molecule has 34 heavy (non-hydrogen) atoms. The van der Waals surface area contributed by atoms with Gasteiger partial charge in [0.15, 0.2) is 11.5 Å². The van der Waals surface area contributed by atoms with Gasteiger partial charge < -0.3 is 14.6 Å². The van der Waals surface area contributed by atoms with E-state index >= 15 is 0 Å². The number of esters is 1. The average Bonchev–Trinajstić information content (AvgIpc) is 2.80. The summed E-state index contributed by atoms with van der Waals surface area (Å²) in [4.78, 5) is 60.2. The summed E-state index contributed by atoms with van der Waals surface area (Å²) in [7, 11) is 1.25. The normalized spacial score (nSPS) is 12.0. The van der Waals surface area contributed by atoms with Crippen LogP contribution < -0.4 is 16.6 Å². The number of methoxy groups -OCH3 is 1. The Morgan fingerprint density at radius 1 is 1.09 bits per heavy atom. The molecule has 2 N–H and O–H groups in total. The molecule has 2 aromatic rings. The summed E-state index contributed by atoms with van der Waals surface area (Å²) in [6.45, 7) is 3.52. The number of fused-ring (bicyclic) bond motifs is 2. The van der Waals surface area contributed by atoms with E-state index in [4.69, 9.17) is 4.74 Å². The molecule has 2 heterocycles. The molecule has 0 saturated carbocycles. The van der Waals surface area contributed by atoms with Crippen LogP contribution in [0.5, 0.6) is 0 Å². The van der Waals surface area contributed by atoms with Crippen molar-refractivity contribution in [2.24, 2.45) is 0 Å². The number of rotatable bonds is 6. The molecule has 1 atom stereocenters. The molecular formula is C24H23N5O5. The molecule has 2 aliphatic heterocycles. The Morgan fingerprint density at radius 2 is 1.79 bits per heavy atom. The van der Waals surface area contributed by atoms with E-state index in [1.807, 2.05) is 50.2 Å². The van der Waals surface area contributed by atoms with Gasteiger partial charge in [-0.05, 0) is 42.7 Å². The van der Waals surface area contributed by atoms with Crippen LogP contribution in [0.4, 0.5) is 0 Å². The van der Waals surface area contributed by atoms with Gasteiger partial charge in [-0.2, -0.15) is 4.98 Å².